The van der Waals surface area contributed by atoms with E-state index >= 15 is 0 Å². The molecule has 1 atom stereocenters. The van der Waals surface area contributed by atoms with Crippen molar-refractivity contribution in [1.82, 2.24) is 19.3 Å². The SMILES string of the molecule is CSCCc1c(-c2ccccc2)ncn1[C@@H](C)CCn1cccn1. The van der Waals surface area contributed by atoms with Crippen molar-refractivity contribution in [3.05, 3.63) is 60.8 Å². The molecule has 0 fully saturated rings. The first-order chi connectivity index (χ1) is 11.8. The van der Waals surface area contributed by atoms with Crippen LogP contribution in [0.4, 0.5) is 0 Å². The Bertz CT molecular complexity index is 734. The Morgan fingerprint density at radius 1 is 1.17 bits per heavy atom. The van der Waals surface area contributed by atoms with E-state index in [1.165, 1.54) is 11.3 Å². The van der Waals surface area contributed by atoms with E-state index in [9.17, 15) is 0 Å². The molecule has 3 rings (SSSR count). The molecule has 0 aliphatic rings. The second-order valence-corrected chi connectivity index (χ2v) is 6.95. The van der Waals surface area contributed by atoms with Gasteiger partial charge in [0.15, 0.2) is 0 Å². The third kappa shape index (κ3) is 3.90. The summed E-state index contributed by atoms with van der Waals surface area (Å²) >= 11 is 1.88. The van der Waals surface area contributed by atoms with Gasteiger partial charge in [0, 0.05) is 36.2 Å². The van der Waals surface area contributed by atoms with E-state index in [0.717, 1.165) is 30.8 Å². The predicted octanol–water partition coefficient (Wildman–Crippen LogP) is 4.30. The van der Waals surface area contributed by atoms with E-state index in [1.54, 1.807) is 0 Å². The molecule has 0 unspecified atom stereocenters. The molecule has 1 aromatic carbocycles. The summed E-state index contributed by atoms with van der Waals surface area (Å²) in [7, 11) is 0. The maximum atomic E-state index is 4.74. The third-order valence-electron chi connectivity index (χ3n) is 4.30. The number of aryl methyl sites for hydroxylation is 1. The molecule has 2 heterocycles. The average Bonchev–Trinajstić information content (AvgIpc) is 3.28. The zero-order valence-corrected chi connectivity index (χ0v) is 15.1. The molecule has 24 heavy (non-hydrogen) atoms. The van der Waals surface area contributed by atoms with Gasteiger partial charge in [0.2, 0.25) is 0 Å². The van der Waals surface area contributed by atoms with Crippen LogP contribution in [-0.2, 0) is 13.0 Å². The molecule has 0 bridgehead atoms. The lowest BCUT2D eigenvalue weighted by Gasteiger charge is -2.17. The Kier molecular flexibility index (Phi) is 5.75. The molecule has 0 aliphatic heterocycles. The molecule has 3 aromatic rings. The summed E-state index contributed by atoms with van der Waals surface area (Å²) in [6.45, 7) is 3.19. The Balaban J connectivity index is 1.82. The van der Waals surface area contributed by atoms with Gasteiger partial charge in [-0.15, -0.1) is 0 Å². The minimum absolute atomic E-state index is 0.399. The summed E-state index contributed by atoms with van der Waals surface area (Å²) in [5.74, 6) is 1.11. The second kappa shape index (κ2) is 8.20. The standard InChI is InChI=1S/C19H24N4S/c1-16(9-13-22-12-6-11-21-22)23-15-20-19(18(23)10-14-24-2)17-7-4-3-5-8-17/h3-8,11-12,15-16H,9-10,13-14H2,1-2H3/t16-/m0/s1. The van der Waals surface area contributed by atoms with Crippen molar-refractivity contribution in [2.24, 2.45) is 0 Å². The highest BCUT2D eigenvalue weighted by atomic mass is 32.2. The molecule has 0 saturated heterocycles. The Morgan fingerprint density at radius 3 is 2.71 bits per heavy atom. The van der Waals surface area contributed by atoms with Crippen LogP contribution in [-0.4, -0.2) is 31.3 Å². The van der Waals surface area contributed by atoms with Crippen molar-refractivity contribution < 1.29 is 0 Å². The lowest BCUT2D eigenvalue weighted by atomic mass is 10.1. The van der Waals surface area contributed by atoms with Gasteiger partial charge in [-0.1, -0.05) is 30.3 Å². The monoisotopic (exact) mass is 340 g/mol. The van der Waals surface area contributed by atoms with E-state index in [2.05, 4.69) is 53.2 Å². The van der Waals surface area contributed by atoms with Crippen LogP contribution in [0.25, 0.3) is 11.3 Å². The van der Waals surface area contributed by atoms with E-state index in [0.29, 0.717) is 6.04 Å². The summed E-state index contributed by atoms with van der Waals surface area (Å²) in [6, 6.07) is 12.9. The van der Waals surface area contributed by atoms with E-state index in [4.69, 9.17) is 4.98 Å². The summed E-state index contributed by atoms with van der Waals surface area (Å²) < 4.78 is 4.34. The van der Waals surface area contributed by atoms with Crippen LogP contribution in [0.15, 0.2) is 55.1 Å². The summed E-state index contributed by atoms with van der Waals surface area (Å²) in [5.41, 5.74) is 3.66. The first-order valence-electron chi connectivity index (χ1n) is 8.37. The highest BCUT2D eigenvalue weighted by molar-refractivity contribution is 7.98. The predicted molar refractivity (Wildman–Crippen MR) is 101 cm³/mol. The molecule has 0 amide bonds. The number of benzene rings is 1. The van der Waals surface area contributed by atoms with Crippen molar-refractivity contribution in [1.29, 1.82) is 0 Å². The first-order valence-corrected chi connectivity index (χ1v) is 9.76. The summed E-state index contributed by atoms with van der Waals surface area (Å²) in [4.78, 5) is 4.74. The smallest absolute Gasteiger partial charge is 0.0958 e. The number of hydrogen-bond donors (Lipinski definition) is 0. The molecule has 4 nitrogen and oxygen atoms in total. The van der Waals surface area contributed by atoms with Crippen molar-refractivity contribution >= 4 is 11.8 Å². The van der Waals surface area contributed by atoms with Gasteiger partial charge in [-0.05, 0) is 37.8 Å². The Labute approximate surface area is 147 Å². The highest BCUT2D eigenvalue weighted by Crippen LogP contribution is 2.26. The molecule has 5 heteroatoms. The quantitative estimate of drug-likeness (QED) is 0.613. The van der Waals surface area contributed by atoms with Crippen molar-refractivity contribution in [3.63, 3.8) is 0 Å². The fourth-order valence-electron chi connectivity index (χ4n) is 2.94. The molecular formula is C19H24N4S. The number of hydrogen-bond acceptors (Lipinski definition) is 3. The van der Waals surface area contributed by atoms with Gasteiger partial charge < -0.3 is 4.57 Å². The second-order valence-electron chi connectivity index (χ2n) is 5.96. The molecule has 126 valence electrons. The fourth-order valence-corrected chi connectivity index (χ4v) is 3.34. The third-order valence-corrected chi connectivity index (χ3v) is 4.91. The van der Waals surface area contributed by atoms with Crippen molar-refractivity contribution in [2.45, 2.75) is 32.4 Å². The summed E-state index contributed by atoms with van der Waals surface area (Å²) in [6.07, 6.45) is 10.1. The van der Waals surface area contributed by atoms with Crippen LogP contribution in [0.5, 0.6) is 0 Å². The zero-order valence-electron chi connectivity index (χ0n) is 14.3. The molecule has 2 aromatic heterocycles. The lowest BCUT2D eigenvalue weighted by molar-refractivity contribution is 0.438. The van der Waals surface area contributed by atoms with Crippen LogP contribution < -0.4 is 0 Å². The highest BCUT2D eigenvalue weighted by Gasteiger charge is 2.16. The molecule has 0 aliphatic carbocycles. The van der Waals surface area contributed by atoms with Gasteiger partial charge in [-0.25, -0.2) is 4.98 Å². The van der Waals surface area contributed by atoms with Gasteiger partial charge in [0.1, 0.15) is 0 Å². The van der Waals surface area contributed by atoms with Gasteiger partial charge in [0.25, 0.3) is 0 Å². The lowest BCUT2D eigenvalue weighted by Crippen LogP contribution is -2.12. The number of imidazole rings is 1. The van der Waals surface area contributed by atoms with Crippen LogP contribution in [0.2, 0.25) is 0 Å². The largest absolute Gasteiger partial charge is 0.331 e. The van der Waals surface area contributed by atoms with Gasteiger partial charge in [-0.2, -0.15) is 16.9 Å². The average molecular weight is 340 g/mol. The maximum Gasteiger partial charge on any atom is 0.0958 e. The Hall–Kier alpha value is -2.01. The van der Waals surface area contributed by atoms with Crippen LogP contribution in [0.3, 0.4) is 0 Å². The summed E-state index contributed by atoms with van der Waals surface area (Å²) in [5, 5.41) is 4.30. The number of thioether (sulfide) groups is 1. The van der Waals surface area contributed by atoms with Gasteiger partial charge in [-0.3, -0.25) is 4.68 Å². The molecule has 0 radical (unpaired) electrons. The van der Waals surface area contributed by atoms with E-state index in [-0.39, 0.29) is 0 Å². The van der Waals surface area contributed by atoms with Crippen LogP contribution in [0, 0.1) is 0 Å². The zero-order chi connectivity index (χ0) is 16.8. The van der Waals surface area contributed by atoms with E-state index < -0.39 is 0 Å². The molecule has 0 saturated carbocycles. The minimum Gasteiger partial charge on any atom is -0.331 e. The number of aromatic nitrogens is 4. The van der Waals surface area contributed by atoms with Crippen molar-refractivity contribution in [3.8, 4) is 11.3 Å². The van der Waals surface area contributed by atoms with Crippen LogP contribution >= 0.6 is 11.8 Å². The van der Waals surface area contributed by atoms with Crippen LogP contribution in [0.1, 0.15) is 25.1 Å². The van der Waals surface area contributed by atoms with E-state index in [1.807, 2.05) is 41.2 Å². The van der Waals surface area contributed by atoms with Crippen molar-refractivity contribution in [2.75, 3.05) is 12.0 Å². The minimum atomic E-state index is 0.399. The Morgan fingerprint density at radius 2 is 2.00 bits per heavy atom. The first kappa shape index (κ1) is 16.8. The molecular weight excluding hydrogens is 316 g/mol. The van der Waals surface area contributed by atoms with Gasteiger partial charge in [0.05, 0.1) is 12.0 Å². The number of rotatable bonds is 8. The fraction of sp³-hybridized carbons (Fsp3) is 0.368. The number of nitrogens with zero attached hydrogens (tertiary/aromatic N) is 4. The van der Waals surface area contributed by atoms with Gasteiger partial charge >= 0.3 is 0 Å². The maximum absolute atomic E-state index is 4.74. The molecule has 0 N–H and O–H groups in total. The molecule has 0 spiro atoms. The topological polar surface area (TPSA) is 35.6 Å². The normalized spacial score (nSPS) is 12.4.